The topological polar surface area (TPSA) is 24.1 Å². The van der Waals surface area contributed by atoms with Crippen LogP contribution in [-0.4, -0.2) is 20.6 Å². The maximum Gasteiger partial charge on any atom is 0.0360 e. The fourth-order valence-corrected chi connectivity index (χ4v) is 2.72. The predicted molar refractivity (Wildman–Crippen MR) is 80.2 cm³/mol. The van der Waals surface area contributed by atoms with Gasteiger partial charge in [-0.3, -0.25) is 0 Å². The van der Waals surface area contributed by atoms with Crippen molar-refractivity contribution < 1.29 is 0 Å². The Morgan fingerprint density at radius 3 is 2.22 bits per heavy atom. The zero-order valence-corrected chi connectivity index (χ0v) is 12.7. The van der Waals surface area contributed by atoms with Crippen LogP contribution in [-0.2, 0) is 0 Å². The van der Waals surface area contributed by atoms with E-state index >= 15 is 0 Å². The fraction of sp³-hybridized carbons (Fsp3) is 0.625. The smallest absolute Gasteiger partial charge is 0.0360 e. The second-order valence-corrected chi connectivity index (χ2v) is 5.21. The van der Waals surface area contributed by atoms with E-state index in [-0.39, 0.29) is 0 Å². The zero-order valence-electron chi connectivity index (χ0n) is 12.7. The second-order valence-electron chi connectivity index (χ2n) is 5.21. The van der Waals surface area contributed by atoms with Crippen LogP contribution >= 0.6 is 0 Å². The molecule has 0 aliphatic rings. The molecule has 0 aliphatic carbocycles. The summed E-state index contributed by atoms with van der Waals surface area (Å²) in [4.78, 5) is 0. The lowest BCUT2D eigenvalue weighted by Gasteiger charge is -2.28. The second kappa shape index (κ2) is 6.91. The summed E-state index contributed by atoms with van der Waals surface area (Å²) in [5.41, 5.74) is 5.69. The van der Waals surface area contributed by atoms with Crippen LogP contribution in [0, 0.1) is 26.7 Å². The first-order chi connectivity index (χ1) is 8.56. The molecule has 2 nitrogen and oxygen atoms in total. The molecule has 0 aromatic heterocycles. The summed E-state index contributed by atoms with van der Waals surface area (Å²) < 4.78 is 0. The van der Waals surface area contributed by atoms with Gasteiger partial charge in [0.1, 0.15) is 0 Å². The van der Waals surface area contributed by atoms with Gasteiger partial charge in [-0.05, 0) is 69.6 Å². The summed E-state index contributed by atoms with van der Waals surface area (Å²) in [6.07, 6.45) is 1.18. The maximum absolute atomic E-state index is 3.50. The van der Waals surface area contributed by atoms with E-state index in [2.05, 4.69) is 57.5 Å². The van der Waals surface area contributed by atoms with Crippen LogP contribution in [0.3, 0.4) is 0 Å². The van der Waals surface area contributed by atoms with Gasteiger partial charge in [0.15, 0.2) is 0 Å². The molecular formula is C16H28N2. The largest absolute Gasteiger partial charge is 0.319 e. The van der Waals surface area contributed by atoms with Crippen molar-refractivity contribution in [1.82, 2.24) is 10.6 Å². The first-order valence-electron chi connectivity index (χ1n) is 6.95. The van der Waals surface area contributed by atoms with Crippen molar-refractivity contribution in [3.05, 3.63) is 34.4 Å². The van der Waals surface area contributed by atoms with Crippen molar-refractivity contribution in [2.45, 2.75) is 40.2 Å². The van der Waals surface area contributed by atoms with Crippen molar-refractivity contribution in [2.75, 3.05) is 20.6 Å². The van der Waals surface area contributed by atoms with Gasteiger partial charge < -0.3 is 10.6 Å². The molecule has 1 rings (SSSR count). The van der Waals surface area contributed by atoms with Gasteiger partial charge in [-0.1, -0.05) is 25.5 Å². The third kappa shape index (κ3) is 3.12. The Labute approximate surface area is 112 Å². The Hall–Kier alpha value is -0.860. The fourth-order valence-electron chi connectivity index (χ4n) is 2.72. The molecule has 18 heavy (non-hydrogen) atoms. The Morgan fingerprint density at radius 1 is 1.06 bits per heavy atom. The van der Waals surface area contributed by atoms with Crippen molar-refractivity contribution >= 4 is 0 Å². The summed E-state index contributed by atoms with van der Waals surface area (Å²) in [5, 5.41) is 6.81. The van der Waals surface area contributed by atoms with Crippen LogP contribution in [0.4, 0.5) is 0 Å². The number of rotatable bonds is 6. The molecule has 0 saturated heterocycles. The molecule has 2 atom stereocenters. The molecule has 2 unspecified atom stereocenters. The maximum atomic E-state index is 3.50. The lowest BCUT2D eigenvalue weighted by Crippen LogP contribution is -2.32. The highest BCUT2D eigenvalue weighted by Gasteiger charge is 2.21. The van der Waals surface area contributed by atoms with Crippen LogP contribution in [0.25, 0.3) is 0 Å². The van der Waals surface area contributed by atoms with Gasteiger partial charge in [-0.25, -0.2) is 0 Å². The van der Waals surface area contributed by atoms with E-state index in [1.807, 2.05) is 7.05 Å². The van der Waals surface area contributed by atoms with Crippen LogP contribution in [0.1, 0.15) is 41.6 Å². The predicted octanol–water partition coefficient (Wildman–Crippen LogP) is 3.12. The number of hydrogen-bond donors (Lipinski definition) is 2. The third-order valence-electron chi connectivity index (χ3n) is 4.21. The lowest BCUT2D eigenvalue weighted by atomic mass is 9.86. The standard InChI is InChI=1S/C16H28N2/c1-7-14(10-17-5)16(18-6)15-9-8-11(2)12(3)13(15)4/h8-9,14,16-18H,7,10H2,1-6H3. The summed E-state index contributed by atoms with van der Waals surface area (Å²) in [6.45, 7) is 9.97. The highest BCUT2D eigenvalue weighted by atomic mass is 14.9. The van der Waals surface area contributed by atoms with E-state index in [9.17, 15) is 0 Å². The molecule has 0 heterocycles. The van der Waals surface area contributed by atoms with Crippen LogP contribution in [0.2, 0.25) is 0 Å². The molecule has 0 radical (unpaired) electrons. The minimum atomic E-state index is 0.432. The first kappa shape index (κ1) is 15.2. The molecule has 1 aromatic rings. The molecule has 0 spiro atoms. The van der Waals surface area contributed by atoms with Crippen molar-refractivity contribution in [3.63, 3.8) is 0 Å². The van der Waals surface area contributed by atoms with Crippen molar-refractivity contribution in [1.29, 1.82) is 0 Å². The minimum absolute atomic E-state index is 0.432. The SMILES string of the molecule is CCC(CNC)C(NC)c1ccc(C)c(C)c1C. The molecular weight excluding hydrogens is 220 g/mol. The molecule has 1 aromatic carbocycles. The first-order valence-corrected chi connectivity index (χ1v) is 6.95. The van der Waals surface area contributed by atoms with Gasteiger partial charge in [-0.15, -0.1) is 0 Å². The summed E-state index contributed by atoms with van der Waals surface area (Å²) in [7, 11) is 4.10. The monoisotopic (exact) mass is 248 g/mol. The third-order valence-corrected chi connectivity index (χ3v) is 4.21. The van der Waals surface area contributed by atoms with E-state index in [1.54, 1.807) is 0 Å². The van der Waals surface area contributed by atoms with E-state index in [1.165, 1.54) is 28.7 Å². The Bertz CT molecular complexity index is 385. The van der Waals surface area contributed by atoms with Crippen LogP contribution in [0.5, 0.6) is 0 Å². The van der Waals surface area contributed by atoms with E-state index < -0.39 is 0 Å². The van der Waals surface area contributed by atoms with Crippen molar-refractivity contribution in [3.8, 4) is 0 Å². The van der Waals surface area contributed by atoms with Gasteiger partial charge in [0, 0.05) is 6.04 Å². The van der Waals surface area contributed by atoms with Crippen LogP contribution < -0.4 is 10.6 Å². The number of hydrogen-bond acceptors (Lipinski definition) is 2. The Kier molecular flexibility index (Phi) is 5.83. The summed E-state index contributed by atoms with van der Waals surface area (Å²) in [5.74, 6) is 0.626. The molecule has 0 aliphatic heterocycles. The van der Waals surface area contributed by atoms with Gasteiger partial charge in [-0.2, -0.15) is 0 Å². The Morgan fingerprint density at radius 2 is 1.72 bits per heavy atom. The molecule has 102 valence electrons. The van der Waals surface area contributed by atoms with Gasteiger partial charge in [0.05, 0.1) is 0 Å². The lowest BCUT2D eigenvalue weighted by molar-refractivity contribution is 0.358. The number of benzene rings is 1. The Balaban J connectivity index is 3.12. The molecule has 0 bridgehead atoms. The summed E-state index contributed by atoms with van der Waals surface area (Å²) in [6, 6.07) is 4.97. The number of nitrogens with one attached hydrogen (secondary N) is 2. The normalized spacial score (nSPS) is 14.6. The highest BCUT2D eigenvalue weighted by Crippen LogP contribution is 2.29. The molecule has 0 amide bonds. The quantitative estimate of drug-likeness (QED) is 0.808. The minimum Gasteiger partial charge on any atom is -0.319 e. The molecule has 2 heteroatoms. The molecule has 2 N–H and O–H groups in total. The average molecular weight is 248 g/mol. The average Bonchev–Trinajstić information content (AvgIpc) is 2.38. The van der Waals surface area contributed by atoms with E-state index in [4.69, 9.17) is 0 Å². The van der Waals surface area contributed by atoms with Gasteiger partial charge in [0.25, 0.3) is 0 Å². The van der Waals surface area contributed by atoms with Crippen molar-refractivity contribution in [2.24, 2.45) is 5.92 Å². The molecule has 0 fully saturated rings. The van der Waals surface area contributed by atoms with E-state index in [0.29, 0.717) is 12.0 Å². The van der Waals surface area contributed by atoms with Gasteiger partial charge >= 0.3 is 0 Å². The van der Waals surface area contributed by atoms with E-state index in [0.717, 1.165) is 6.54 Å². The number of aryl methyl sites for hydroxylation is 1. The molecule has 0 saturated carbocycles. The highest BCUT2D eigenvalue weighted by molar-refractivity contribution is 5.40. The van der Waals surface area contributed by atoms with Crippen LogP contribution in [0.15, 0.2) is 12.1 Å². The summed E-state index contributed by atoms with van der Waals surface area (Å²) >= 11 is 0. The zero-order chi connectivity index (χ0) is 13.7. The van der Waals surface area contributed by atoms with Gasteiger partial charge in [0.2, 0.25) is 0 Å².